The molecule has 0 radical (unpaired) electrons. The van der Waals surface area contributed by atoms with Crippen molar-refractivity contribution in [3.05, 3.63) is 90.0 Å². The normalized spacial score (nSPS) is 17.2. The lowest BCUT2D eigenvalue weighted by molar-refractivity contribution is -0.133. The van der Waals surface area contributed by atoms with Gasteiger partial charge in [-0.25, -0.2) is 16.8 Å². The molecule has 0 aliphatic carbocycles. The van der Waals surface area contributed by atoms with Crippen LogP contribution in [-0.4, -0.2) is 100 Å². The minimum absolute atomic E-state index is 0.0331. The van der Waals surface area contributed by atoms with Crippen LogP contribution in [0.5, 0.6) is 0 Å². The molecule has 14 heteroatoms. The van der Waals surface area contributed by atoms with E-state index in [2.05, 4.69) is 15.5 Å². The first-order chi connectivity index (χ1) is 25.2. The van der Waals surface area contributed by atoms with Gasteiger partial charge in [0, 0.05) is 70.1 Å². The second kappa shape index (κ2) is 17.8. The molecule has 53 heavy (non-hydrogen) atoms. The summed E-state index contributed by atoms with van der Waals surface area (Å²) in [6, 6.07) is 22.4. The average Bonchev–Trinajstić information content (AvgIpc) is 3.14. The molecule has 2 saturated heterocycles. The number of likely N-dealkylation sites (N-methyl/N-ethyl adjacent to an activating group) is 1. The SMILES string of the molecule is CCN(C(=O)Cc1ccc(S(C)(=O)=O)cc1)C1CCN(CC[C@H](NC(=O)C2CCN(S(=O)(=O)c3ccc(NC(C)=O)cc3)CC2)c2ccccc2)CC1. The van der Waals surface area contributed by atoms with E-state index in [1.807, 2.05) is 42.2 Å². The highest BCUT2D eigenvalue weighted by atomic mass is 32.2. The number of sulfone groups is 1. The number of sulfonamides is 1. The van der Waals surface area contributed by atoms with E-state index in [4.69, 9.17) is 0 Å². The molecular formula is C39H51N5O7S2. The number of benzene rings is 3. The number of likely N-dealkylation sites (tertiary alicyclic amines) is 1. The molecule has 1 atom stereocenters. The maximum Gasteiger partial charge on any atom is 0.243 e. The summed E-state index contributed by atoms with van der Waals surface area (Å²) in [5.41, 5.74) is 2.33. The van der Waals surface area contributed by atoms with Crippen LogP contribution < -0.4 is 10.6 Å². The molecule has 0 unspecified atom stereocenters. The van der Waals surface area contributed by atoms with Crippen molar-refractivity contribution in [3.8, 4) is 0 Å². The molecule has 0 saturated carbocycles. The Bertz CT molecular complexity index is 1920. The number of anilines is 1. The monoisotopic (exact) mass is 765 g/mol. The minimum Gasteiger partial charge on any atom is -0.349 e. The van der Waals surface area contributed by atoms with Gasteiger partial charge in [-0.2, -0.15) is 4.31 Å². The predicted molar refractivity (Wildman–Crippen MR) is 204 cm³/mol. The van der Waals surface area contributed by atoms with E-state index in [-0.39, 0.29) is 65.0 Å². The third-order valence-electron chi connectivity index (χ3n) is 10.3. The van der Waals surface area contributed by atoms with Crippen molar-refractivity contribution in [3.63, 3.8) is 0 Å². The van der Waals surface area contributed by atoms with Crippen molar-refractivity contribution in [2.75, 3.05) is 50.8 Å². The molecule has 2 heterocycles. The Balaban J connectivity index is 1.12. The number of carbonyl (C=O) groups excluding carboxylic acids is 3. The van der Waals surface area contributed by atoms with Gasteiger partial charge in [-0.3, -0.25) is 14.4 Å². The van der Waals surface area contributed by atoms with E-state index in [1.165, 1.54) is 29.6 Å². The van der Waals surface area contributed by atoms with E-state index < -0.39 is 19.9 Å². The van der Waals surface area contributed by atoms with Crippen LogP contribution in [-0.2, 0) is 40.7 Å². The first kappa shape index (κ1) is 40.1. The van der Waals surface area contributed by atoms with Crippen molar-refractivity contribution < 1.29 is 31.2 Å². The van der Waals surface area contributed by atoms with Crippen LogP contribution in [0.1, 0.15) is 63.1 Å². The van der Waals surface area contributed by atoms with Gasteiger partial charge in [-0.15, -0.1) is 0 Å². The van der Waals surface area contributed by atoms with Crippen LogP contribution >= 0.6 is 0 Å². The van der Waals surface area contributed by atoms with Crippen LogP contribution in [0.2, 0.25) is 0 Å². The van der Waals surface area contributed by atoms with Crippen LogP contribution in [0, 0.1) is 5.92 Å². The lowest BCUT2D eigenvalue weighted by Gasteiger charge is -2.38. The standard InChI is InChI=1S/C39H51N5O7S2/c1-4-44(38(46)28-30-10-14-35(15-11-30)52(3,48)49)34-20-23-42(24-21-34)25-22-37(31-8-6-5-7-9-31)41-39(47)32-18-26-43(27-19-32)53(50,51)36-16-12-33(13-17-36)40-29(2)45/h5-17,32,34,37H,4,18-28H2,1-3H3,(H,40,45)(H,41,47)/t37-/m0/s1. The summed E-state index contributed by atoms with van der Waals surface area (Å²) < 4.78 is 51.7. The van der Waals surface area contributed by atoms with E-state index in [9.17, 15) is 31.2 Å². The number of hydrogen-bond acceptors (Lipinski definition) is 8. The van der Waals surface area contributed by atoms with E-state index in [0.717, 1.165) is 43.6 Å². The van der Waals surface area contributed by atoms with Gasteiger partial charge in [0.1, 0.15) is 0 Å². The molecule has 3 amide bonds. The van der Waals surface area contributed by atoms with Gasteiger partial charge in [-0.1, -0.05) is 42.5 Å². The molecule has 3 aromatic rings. The van der Waals surface area contributed by atoms with Gasteiger partial charge in [0.25, 0.3) is 0 Å². The fraction of sp³-hybridized carbons (Fsp3) is 0.462. The average molecular weight is 766 g/mol. The van der Waals surface area contributed by atoms with Crippen LogP contribution in [0.25, 0.3) is 0 Å². The summed E-state index contributed by atoms with van der Waals surface area (Å²) in [7, 11) is -7.03. The molecule has 0 spiro atoms. The van der Waals surface area contributed by atoms with E-state index in [1.54, 1.807) is 36.4 Å². The lowest BCUT2D eigenvalue weighted by atomic mass is 9.95. The molecule has 12 nitrogen and oxygen atoms in total. The lowest BCUT2D eigenvalue weighted by Crippen LogP contribution is -2.48. The molecule has 2 fully saturated rings. The smallest absolute Gasteiger partial charge is 0.243 e. The van der Waals surface area contributed by atoms with Crippen LogP contribution in [0.15, 0.2) is 88.7 Å². The maximum atomic E-state index is 13.6. The van der Waals surface area contributed by atoms with Crippen molar-refractivity contribution in [2.24, 2.45) is 5.92 Å². The van der Waals surface area contributed by atoms with Crippen molar-refractivity contribution >= 4 is 43.3 Å². The zero-order chi connectivity index (χ0) is 38.2. The number of piperidine rings is 2. The Labute approximate surface area is 313 Å². The molecular weight excluding hydrogens is 715 g/mol. The Morgan fingerprint density at radius 1 is 0.811 bits per heavy atom. The van der Waals surface area contributed by atoms with Crippen molar-refractivity contribution in [1.82, 2.24) is 19.4 Å². The van der Waals surface area contributed by atoms with Crippen molar-refractivity contribution in [2.45, 2.75) is 74.2 Å². The van der Waals surface area contributed by atoms with Crippen LogP contribution in [0.4, 0.5) is 5.69 Å². The summed E-state index contributed by atoms with van der Waals surface area (Å²) in [6.07, 6.45) is 4.62. The summed E-state index contributed by atoms with van der Waals surface area (Å²) in [6.45, 7) is 6.90. The molecule has 0 bridgehead atoms. The third-order valence-corrected chi connectivity index (χ3v) is 13.3. The van der Waals surface area contributed by atoms with Gasteiger partial charge in [0.2, 0.25) is 27.7 Å². The molecule has 3 aromatic carbocycles. The highest BCUT2D eigenvalue weighted by molar-refractivity contribution is 7.90. The summed E-state index contributed by atoms with van der Waals surface area (Å²) in [5.74, 6) is -0.579. The third kappa shape index (κ3) is 10.7. The molecule has 2 aliphatic heterocycles. The highest BCUT2D eigenvalue weighted by Crippen LogP contribution is 2.27. The van der Waals surface area contributed by atoms with Gasteiger partial charge in [0.15, 0.2) is 9.84 Å². The number of hydrogen-bond donors (Lipinski definition) is 2. The first-order valence-corrected chi connectivity index (χ1v) is 21.6. The fourth-order valence-corrected chi connectivity index (χ4v) is 9.35. The van der Waals surface area contributed by atoms with Gasteiger partial charge >= 0.3 is 0 Å². The Hall–Kier alpha value is -4.11. The Morgan fingerprint density at radius 2 is 1.42 bits per heavy atom. The molecule has 2 aliphatic rings. The first-order valence-electron chi connectivity index (χ1n) is 18.3. The minimum atomic E-state index is -3.74. The van der Waals surface area contributed by atoms with Gasteiger partial charge in [0.05, 0.1) is 22.3 Å². The summed E-state index contributed by atoms with van der Waals surface area (Å²) in [4.78, 5) is 42.9. The number of amides is 3. The largest absolute Gasteiger partial charge is 0.349 e. The quantitative estimate of drug-likeness (QED) is 0.247. The Kier molecular flexibility index (Phi) is 13.5. The Morgan fingerprint density at radius 3 is 1.98 bits per heavy atom. The number of nitrogens with zero attached hydrogens (tertiary/aromatic N) is 3. The zero-order valence-electron chi connectivity index (χ0n) is 30.7. The highest BCUT2D eigenvalue weighted by Gasteiger charge is 2.33. The maximum absolute atomic E-state index is 13.6. The fourth-order valence-electron chi connectivity index (χ4n) is 7.25. The van der Waals surface area contributed by atoms with Crippen molar-refractivity contribution in [1.29, 1.82) is 0 Å². The summed E-state index contributed by atoms with van der Waals surface area (Å²) in [5, 5.41) is 5.92. The molecule has 5 rings (SSSR count). The topological polar surface area (TPSA) is 153 Å². The molecule has 2 N–H and O–H groups in total. The van der Waals surface area contributed by atoms with Crippen LogP contribution in [0.3, 0.4) is 0 Å². The number of nitrogens with one attached hydrogen (secondary N) is 2. The number of carbonyl (C=O) groups is 3. The molecule has 286 valence electrons. The van der Waals surface area contributed by atoms with Gasteiger partial charge < -0.3 is 20.4 Å². The second-order valence-corrected chi connectivity index (χ2v) is 17.9. The van der Waals surface area contributed by atoms with Gasteiger partial charge in [-0.05, 0) is 86.6 Å². The number of rotatable bonds is 14. The zero-order valence-corrected chi connectivity index (χ0v) is 32.4. The molecule has 0 aromatic heterocycles. The van der Waals surface area contributed by atoms with E-state index >= 15 is 0 Å². The second-order valence-electron chi connectivity index (χ2n) is 14.0. The predicted octanol–water partition coefficient (Wildman–Crippen LogP) is 4.25. The summed E-state index contributed by atoms with van der Waals surface area (Å²) >= 11 is 0. The van der Waals surface area contributed by atoms with E-state index in [0.29, 0.717) is 31.5 Å².